The molecule has 0 bridgehead atoms. The lowest BCUT2D eigenvalue weighted by Gasteiger charge is -2.18. The quantitative estimate of drug-likeness (QED) is 0.863. The van der Waals surface area contributed by atoms with Crippen molar-refractivity contribution in [2.24, 2.45) is 5.92 Å². The van der Waals surface area contributed by atoms with Crippen LogP contribution in [-0.2, 0) is 21.0 Å². The van der Waals surface area contributed by atoms with Gasteiger partial charge >= 0.3 is 12.1 Å². The van der Waals surface area contributed by atoms with Crippen molar-refractivity contribution in [1.82, 2.24) is 4.72 Å². The number of halogens is 3. The maximum atomic E-state index is 12.7. The Labute approximate surface area is 126 Å². The summed E-state index contributed by atoms with van der Waals surface area (Å²) in [6.45, 7) is 4.16. The average Bonchev–Trinajstić information content (AvgIpc) is 2.33. The molecular weight excluding hydrogens is 323 g/mol. The van der Waals surface area contributed by atoms with E-state index in [1.807, 2.05) is 4.72 Å². The van der Waals surface area contributed by atoms with Crippen LogP contribution in [0.3, 0.4) is 0 Å². The van der Waals surface area contributed by atoms with Gasteiger partial charge in [0, 0.05) is 0 Å². The number of sulfonamides is 1. The maximum Gasteiger partial charge on any atom is 0.416 e. The molecule has 124 valence electrons. The molecule has 0 aliphatic rings. The second kappa shape index (κ2) is 6.25. The van der Waals surface area contributed by atoms with Gasteiger partial charge in [-0.2, -0.15) is 17.9 Å². The van der Waals surface area contributed by atoms with Gasteiger partial charge in [0.25, 0.3) is 0 Å². The predicted octanol–water partition coefficient (Wildman–Crippen LogP) is 2.40. The Bertz CT molecular complexity index is 668. The van der Waals surface area contributed by atoms with Gasteiger partial charge in [-0.15, -0.1) is 0 Å². The lowest BCUT2D eigenvalue weighted by Crippen LogP contribution is -2.44. The molecule has 0 fully saturated rings. The number of hydrogen-bond acceptors (Lipinski definition) is 3. The van der Waals surface area contributed by atoms with E-state index in [1.165, 1.54) is 13.8 Å². The minimum atomic E-state index is -4.58. The van der Waals surface area contributed by atoms with Crippen LogP contribution in [0.1, 0.15) is 25.0 Å². The van der Waals surface area contributed by atoms with E-state index in [0.717, 1.165) is 19.1 Å². The maximum absolute atomic E-state index is 12.7. The van der Waals surface area contributed by atoms with Crippen molar-refractivity contribution in [3.63, 3.8) is 0 Å². The normalized spacial score (nSPS) is 14.1. The van der Waals surface area contributed by atoms with Gasteiger partial charge in [-0.25, -0.2) is 8.42 Å². The van der Waals surface area contributed by atoms with Gasteiger partial charge in [0.2, 0.25) is 10.0 Å². The molecule has 0 aliphatic carbocycles. The number of carboxylic acid groups (broad SMARTS) is 1. The Morgan fingerprint density at radius 3 is 2.18 bits per heavy atom. The molecule has 1 unspecified atom stereocenters. The fraction of sp³-hybridized carbons (Fsp3) is 0.462. The summed E-state index contributed by atoms with van der Waals surface area (Å²) < 4.78 is 64.2. The molecule has 0 radical (unpaired) electrons. The zero-order chi connectivity index (χ0) is 17.3. The van der Waals surface area contributed by atoms with Gasteiger partial charge in [-0.1, -0.05) is 13.8 Å². The lowest BCUT2D eigenvalue weighted by molar-refractivity contribution is -0.140. The number of rotatable bonds is 5. The predicted molar refractivity (Wildman–Crippen MR) is 72.8 cm³/mol. The van der Waals surface area contributed by atoms with Crippen LogP contribution in [0.2, 0.25) is 0 Å². The minimum Gasteiger partial charge on any atom is -0.480 e. The van der Waals surface area contributed by atoms with Crippen molar-refractivity contribution in [3.05, 3.63) is 29.3 Å². The summed E-state index contributed by atoms with van der Waals surface area (Å²) in [6.07, 6.45) is -4.58. The topological polar surface area (TPSA) is 83.5 Å². The van der Waals surface area contributed by atoms with Crippen LogP contribution < -0.4 is 4.72 Å². The highest BCUT2D eigenvalue weighted by atomic mass is 32.2. The van der Waals surface area contributed by atoms with Crippen molar-refractivity contribution in [2.45, 2.75) is 37.9 Å². The molecule has 0 spiro atoms. The third kappa shape index (κ3) is 4.20. The number of carbonyl (C=O) groups is 1. The van der Waals surface area contributed by atoms with E-state index in [4.69, 9.17) is 5.11 Å². The summed E-state index contributed by atoms with van der Waals surface area (Å²) in [5.74, 6) is -1.88. The number of nitrogens with one attached hydrogen (secondary N) is 1. The first-order valence-electron chi connectivity index (χ1n) is 6.29. The summed E-state index contributed by atoms with van der Waals surface area (Å²) in [7, 11) is -4.23. The number of aliphatic carboxylic acids is 1. The van der Waals surface area contributed by atoms with Crippen molar-refractivity contribution in [2.75, 3.05) is 0 Å². The zero-order valence-electron chi connectivity index (χ0n) is 12.1. The Morgan fingerprint density at radius 2 is 1.82 bits per heavy atom. The third-order valence-corrected chi connectivity index (χ3v) is 4.47. The van der Waals surface area contributed by atoms with Crippen LogP contribution in [0, 0.1) is 12.8 Å². The number of carboxylic acids is 1. The van der Waals surface area contributed by atoms with E-state index >= 15 is 0 Å². The van der Waals surface area contributed by atoms with Crippen molar-refractivity contribution in [1.29, 1.82) is 0 Å². The third-order valence-electron chi connectivity index (χ3n) is 3.03. The van der Waals surface area contributed by atoms with Crippen molar-refractivity contribution in [3.8, 4) is 0 Å². The molecule has 0 saturated carbocycles. The molecule has 1 atom stereocenters. The number of hydrogen-bond donors (Lipinski definition) is 2. The van der Waals surface area contributed by atoms with E-state index in [1.54, 1.807) is 0 Å². The summed E-state index contributed by atoms with van der Waals surface area (Å²) in [5, 5.41) is 8.98. The lowest BCUT2D eigenvalue weighted by atomic mass is 10.1. The van der Waals surface area contributed by atoms with Gasteiger partial charge < -0.3 is 5.11 Å². The van der Waals surface area contributed by atoms with Crippen LogP contribution in [0.25, 0.3) is 0 Å². The highest BCUT2D eigenvalue weighted by Gasteiger charge is 2.33. The average molecular weight is 339 g/mol. The van der Waals surface area contributed by atoms with E-state index in [2.05, 4.69) is 0 Å². The first-order chi connectivity index (χ1) is 9.86. The van der Waals surface area contributed by atoms with Gasteiger partial charge in [-0.05, 0) is 36.6 Å². The van der Waals surface area contributed by atoms with Crippen LogP contribution >= 0.6 is 0 Å². The van der Waals surface area contributed by atoms with Gasteiger partial charge in [0.15, 0.2) is 0 Å². The first-order valence-corrected chi connectivity index (χ1v) is 7.77. The number of benzene rings is 1. The zero-order valence-corrected chi connectivity index (χ0v) is 12.9. The largest absolute Gasteiger partial charge is 0.480 e. The molecule has 2 N–H and O–H groups in total. The van der Waals surface area contributed by atoms with Gasteiger partial charge in [-0.3, -0.25) is 4.79 Å². The molecule has 5 nitrogen and oxygen atoms in total. The van der Waals surface area contributed by atoms with Crippen LogP contribution in [-0.4, -0.2) is 25.5 Å². The Morgan fingerprint density at radius 1 is 1.27 bits per heavy atom. The van der Waals surface area contributed by atoms with E-state index in [-0.39, 0.29) is 5.56 Å². The second-order valence-corrected chi connectivity index (χ2v) is 6.87. The molecule has 0 aromatic heterocycles. The smallest absolute Gasteiger partial charge is 0.416 e. The van der Waals surface area contributed by atoms with Crippen LogP contribution in [0.15, 0.2) is 23.1 Å². The van der Waals surface area contributed by atoms with Gasteiger partial charge in [0.05, 0.1) is 10.5 Å². The first kappa shape index (κ1) is 18.4. The summed E-state index contributed by atoms with van der Waals surface area (Å²) in [4.78, 5) is 10.6. The number of aryl methyl sites for hydroxylation is 1. The molecule has 22 heavy (non-hydrogen) atoms. The molecule has 1 aromatic rings. The summed E-state index contributed by atoms with van der Waals surface area (Å²) in [6, 6.07) is 0.962. The fourth-order valence-electron chi connectivity index (χ4n) is 1.83. The monoisotopic (exact) mass is 339 g/mol. The molecule has 0 heterocycles. The molecule has 0 aliphatic heterocycles. The standard InChI is InChI=1S/C13H16F3NO4S/c1-7(2)11(12(18)19)17-22(20,21)9-4-5-10(8(3)6-9)13(14,15)16/h4-7,11,17H,1-3H3,(H,18,19). The molecule has 9 heteroatoms. The molecule has 0 amide bonds. The molecule has 0 saturated heterocycles. The minimum absolute atomic E-state index is 0.258. The van der Waals surface area contributed by atoms with Crippen molar-refractivity contribution >= 4 is 16.0 Å². The Hall–Kier alpha value is -1.61. The summed E-state index contributed by atoms with van der Waals surface area (Å²) in [5.41, 5.74) is -1.20. The Balaban J connectivity index is 3.19. The highest BCUT2D eigenvalue weighted by Crippen LogP contribution is 2.32. The molecule has 1 aromatic carbocycles. The van der Waals surface area contributed by atoms with E-state index in [9.17, 15) is 26.4 Å². The second-order valence-electron chi connectivity index (χ2n) is 5.16. The van der Waals surface area contributed by atoms with Crippen molar-refractivity contribution < 1.29 is 31.5 Å². The van der Waals surface area contributed by atoms with E-state index in [0.29, 0.717) is 6.07 Å². The van der Waals surface area contributed by atoms with Crippen LogP contribution in [0.5, 0.6) is 0 Å². The van der Waals surface area contributed by atoms with Crippen LogP contribution in [0.4, 0.5) is 13.2 Å². The van der Waals surface area contributed by atoms with E-state index < -0.39 is 44.6 Å². The summed E-state index contributed by atoms with van der Waals surface area (Å²) >= 11 is 0. The molecule has 1 rings (SSSR count). The molecular formula is C13H16F3NO4S. The fourth-order valence-corrected chi connectivity index (χ4v) is 3.25. The number of alkyl halides is 3. The highest BCUT2D eigenvalue weighted by molar-refractivity contribution is 7.89. The van der Waals surface area contributed by atoms with Gasteiger partial charge in [0.1, 0.15) is 6.04 Å². The SMILES string of the molecule is Cc1cc(S(=O)(=O)NC(C(=O)O)C(C)C)ccc1C(F)(F)F. The Kier molecular flexibility index (Phi) is 5.24.